The van der Waals surface area contributed by atoms with Crippen molar-refractivity contribution in [1.82, 2.24) is 0 Å². The van der Waals surface area contributed by atoms with Gasteiger partial charge >= 0.3 is 0 Å². The topological polar surface area (TPSA) is 38.5 Å². The summed E-state index contributed by atoms with van der Waals surface area (Å²) in [6.45, 7) is 6.72. The fourth-order valence-electron chi connectivity index (χ4n) is 3.06. The standard InChI is InChI=1S/C20H27FN2O/c1-4-23(5-2)18-9-6-15(7-10-18)12-16(14-22)19-13-17(21)8-11-20(19)24-3/h6-11,13,16H,4-5,12,14,22H2,1-3H3. The summed E-state index contributed by atoms with van der Waals surface area (Å²) in [7, 11) is 1.60. The van der Waals surface area contributed by atoms with Crippen molar-refractivity contribution in [3.8, 4) is 5.75 Å². The average Bonchev–Trinajstić information content (AvgIpc) is 2.62. The third-order valence-electron chi connectivity index (χ3n) is 4.46. The maximum Gasteiger partial charge on any atom is 0.123 e. The SMILES string of the molecule is CCN(CC)c1ccc(CC(CN)c2cc(F)ccc2OC)cc1. The Morgan fingerprint density at radius 2 is 1.75 bits per heavy atom. The van der Waals surface area contributed by atoms with E-state index in [-0.39, 0.29) is 11.7 Å². The summed E-state index contributed by atoms with van der Waals surface area (Å²) < 4.78 is 19.0. The van der Waals surface area contributed by atoms with Gasteiger partial charge in [0.2, 0.25) is 0 Å². The van der Waals surface area contributed by atoms with Gasteiger partial charge in [-0.1, -0.05) is 12.1 Å². The number of methoxy groups -OCH3 is 1. The number of halogens is 1. The van der Waals surface area contributed by atoms with Crippen LogP contribution in [-0.4, -0.2) is 26.7 Å². The van der Waals surface area contributed by atoms with E-state index in [1.165, 1.54) is 23.4 Å². The van der Waals surface area contributed by atoms with Gasteiger partial charge < -0.3 is 15.4 Å². The maximum atomic E-state index is 13.6. The molecule has 0 spiro atoms. The third kappa shape index (κ3) is 4.26. The Morgan fingerprint density at radius 3 is 2.29 bits per heavy atom. The van der Waals surface area contributed by atoms with Crippen molar-refractivity contribution >= 4 is 5.69 Å². The summed E-state index contributed by atoms with van der Waals surface area (Å²) in [4.78, 5) is 2.31. The predicted molar refractivity (Wildman–Crippen MR) is 98.5 cm³/mol. The van der Waals surface area contributed by atoms with Crippen molar-refractivity contribution in [3.05, 3.63) is 59.4 Å². The zero-order chi connectivity index (χ0) is 17.5. The van der Waals surface area contributed by atoms with Crippen LogP contribution in [0.4, 0.5) is 10.1 Å². The zero-order valence-electron chi connectivity index (χ0n) is 14.8. The van der Waals surface area contributed by atoms with Crippen LogP contribution in [0.2, 0.25) is 0 Å². The van der Waals surface area contributed by atoms with Crippen LogP contribution in [0, 0.1) is 5.82 Å². The van der Waals surface area contributed by atoms with E-state index in [2.05, 4.69) is 43.0 Å². The first-order valence-corrected chi connectivity index (χ1v) is 8.50. The molecule has 3 nitrogen and oxygen atoms in total. The van der Waals surface area contributed by atoms with E-state index in [0.717, 1.165) is 25.1 Å². The highest BCUT2D eigenvalue weighted by atomic mass is 19.1. The average molecular weight is 330 g/mol. The van der Waals surface area contributed by atoms with Crippen LogP contribution in [-0.2, 0) is 6.42 Å². The lowest BCUT2D eigenvalue weighted by atomic mass is 9.91. The highest BCUT2D eigenvalue weighted by molar-refractivity contribution is 5.48. The predicted octanol–water partition coefficient (Wildman–Crippen LogP) is 3.97. The van der Waals surface area contributed by atoms with Gasteiger partial charge in [-0.25, -0.2) is 4.39 Å². The molecule has 2 aromatic carbocycles. The van der Waals surface area contributed by atoms with Gasteiger partial charge in [-0.15, -0.1) is 0 Å². The molecule has 0 bridgehead atoms. The highest BCUT2D eigenvalue weighted by Crippen LogP contribution is 2.30. The second kappa shape index (κ2) is 8.69. The molecule has 2 rings (SSSR count). The van der Waals surface area contributed by atoms with E-state index in [4.69, 9.17) is 10.5 Å². The van der Waals surface area contributed by atoms with E-state index >= 15 is 0 Å². The van der Waals surface area contributed by atoms with Gasteiger partial charge in [0, 0.05) is 30.3 Å². The maximum absolute atomic E-state index is 13.6. The highest BCUT2D eigenvalue weighted by Gasteiger charge is 2.16. The van der Waals surface area contributed by atoms with Crippen LogP contribution in [0.3, 0.4) is 0 Å². The fourth-order valence-corrected chi connectivity index (χ4v) is 3.06. The number of hydrogen-bond acceptors (Lipinski definition) is 3. The fraction of sp³-hybridized carbons (Fsp3) is 0.400. The quantitative estimate of drug-likeness (QED) is 0.796. The van der Waals surface area contributed by atoms with E-state index in [1.807, 2.05) is 0 Å². The van der Waals surface area contributed by atoms with Gasteiger partial charge in [-0.2, -0.15) is 0 Å². The smallest absolute Gasteiger partial charge is 0.123 e. The second-order valence-electron chi connectivity index (χ2n) is 5.86. The zero-order valence-corrected chi connectivity index (χ0v) is 14.8. The Bertz CT molecular complexity index is 639. The van der Waals surface area contributed by atoms with Crippen LogP contribution < -0.4 is 15.4 Å². The molecule has 0 saturated heterocycles. The first-order valence-electron chi connectivity index (χ1n) is 8.50. The minimum absolute atomic E-state index is 0.0231. The summed E-state index contributed by atoms with van der Waals surface area (Å²) in [6, 6.07) is 13.1. The number of anilines is 1. The molecule has 0 saturated carbocycles. The van der Waals surface area contributed by atoms with E-state index in [9.17, 15) is 4.39 Å². The molecule has 4 heteroatoms. The summed E-state index contributed by atoms with van der Waals surface area (Å²) in [5, 5.41) is 0. The van der Waals surface area contributed by atoms with Gasteiger partial charge in [-0.3, -0.25) is 0 Å². The van der Waals surface area contributed by atoms with E-state index < -0.39 is 0 Å². The van der Waals surface area contributed by atoms with Crippen LogP contribution in [0.1, 0.15) is 30.9 Å². The molecule has 24 heavy (non-hydrogen) atoms. The summed E-state index contributed by atoms with van der Waals surface area (Å²) >= 11 is 0. The van der Waals surface area contributed by atoms with Crippen LogP contribution in [0.15, 0.2) is 42.5 Å². The minimum Gasteiger partial charge on any atom is -0.496 e. The minimum atomic E-state index is -0.263. The number of nitrogens with two attached hydrogens (primary N) is 1. The lowest BCUT2D eigenvalue weighted by Crippen LogP contribution is -2.21. The monoisotopic (exact) mass is 330 g/mol. The number of ether oxygens (including phenoxy) is 1. The van der Waals surface area contributed by atoms with Gasteiger partial charge in [0.05, 0.1) is 7.11 Å². The number of benzene rings is 2. The molecule has 0 heterocycles. The summed E-state index contributed by atoms with van der Waals surface area (Å²) in [5.41, 5.74) is 9.19. The molecule has 0 aliphatic carbocycles. The molecule has 2 N–H and O–H groups in total. The molecule has 1 atom stereocenters. The van der Waals surface area contributed by atoms with Crippen molar-refractivity contribution in [2.45, 2.75) is 26.2 Å². The van der Waals surface area contributed by atoms with Crippen LogP contribution >= 0.6 is 0 Å². The lowest BCUT2D eigenvalue weighted by Gasteiger charge is -2.22. The second-order valence-corrected chi connectivity index (χ2v) is 5.86. The van der Waals surface area contributed by atoms with Crippen molar-refractivity contribution in [3.63, 3.8) is 0 Å². The summed E-state index contributed by atoms with van der Waals surface area (Å²) in [6.07, 6.45) is 0.759. The van der Waals surface area contributed by atoms with Crippen molar-refractivity contribution < 1.29 is 9.13 Å². The molecule has 0 aliphatic heterocycles. The molecule has 0 aliphatic rings. The Kier molecular flexibility index (Phi) is 6.62. The molecular formula is C20H27FN2O. The van der Waals surface area contributed by atoms with Crippen LogP contribution in [0.5, 0.6) is 5.75 Å². The molecule has 0 aromatic heterocycles. The molecule has 0 radical (unpaired) electrons. The Balaban J connectivity index is 2.20. The van der Waals surface area contributed by atoms with E-state index in [0.29, 0.717) is 12.3 Å². The van der Waals surface area contributed by atoms with Crippen LogP contribution in [0.25, 0.3) is 0 Å². The molecule has 130 valence electrons. The lowest BCUT2D eigenvalue weighted by molar-refractivity contribution is 0.403. The third-order valence-corrected chi connectivity index (χ3v) is 4.46. The van der Waals surface area contributed by atoms with Gasteiger partial charge in [0.25, 0.3) is 0 Å². The first kappa shape index (κ1) is 18.3. The van der Waals surface area contributed by atoms with E-state index in [1.54, 1.807) is 13.2 Å². The van der Waals surface area contributed by atoms with Crippen molar-refractivity contribution in [1.29, 1.82) is 0 Å². The van der Waals surface area contributed by atoms with Crippen molar-refractivity contribution in [2.24, 2.45) is 5.73 Å². The van der Waals surface area contributed by atoms with Crippen molar-refractivity contribution in [2.75, 3.05) is 31.6 Å². The molecule has 2 aromatic rings. The number of nitrogens with zero attached hydrogens (tertiary/aromatic N) is 1. The molecule has 0 fully saturated rings. The normalized spacial score (nSPS) is 12.0. The molecule has 0 amide bonds. The Morgan fingerprint density at radius 1 is 1.08 bits per heavy atom. The molecular weight excluding hydrogens is 303 g/mol. The Hall–Kier alpha value is -2.07. The molecule has 1 unspecified atom stereocenters. The Labute approximate surface area is 144 Å². The van der Waals surface area contributed by atoms with Gasteiger partial charge in [0.15, 0.2) is 0 Å². The van der Waals surface area contributed by atoms with Gasteiger partial charge in [0.1, 0.15) is 11.6 Å². The first-order chi connectivity index (χ1) is 11.6. The summed E-state index contributed by atoms with van der Waals surface area (Å²) in [5.74, 6) is 0.447. The number of hydrogen-bond donors (Lipinski definition) is 1. The largest absolute Gasteiger partial charge is 0.496 e. The van der Waals surface area contributed by atoms with Gasteiger partial charge in [-0.05, 0) is 62.7 Å². The number of rotatable bonds is 8.